The summed E-state index contributed by atoms with van der Waals surface area (Å²) in [7, 11) is -3.58. The number of hydrogen-bond acceptors (Lipinski definition) is 4. The maximum atomic E-state index is 13.1. The van der Waals surface area contributed by atoms with Gasteiger partial charge in [0.05, 0.1) is 4.90 Å². The Labute approximate surface area is 182 Å². The number of piperidine rings is 1. The zero-order valence-electron chi connectivity index (χ0n) is 17.3. The third-order valence-electron chi connectivity index (χ3n) is 6.24. The highest BCUT2D eigenvalue weighted by Crippen LogP contribution is 2.29. The SMILES string of the molecule is NC(=O)[C@@H](NC(=O)C1CCN(S(=O)(=O)c2ccc3c(c2)CCC3)CC1)c1ccccc1. The summed E-state index contributed by atoms with van der Waals surface area (Å²) >= 11 is 0. The molecule has 31 heavy (non-hydrogen) atoms. The van der Waals surface area contributed by atoms with Gasteiger partial charge in [-0.1, -0.05) is 36.4 Å². The molecule has 2 aliphatic rings. The molecular weight excluding hydrogens is 414 g/mol. The number of nitrogens with one attached hydrogen (secondary N) is 1. The summed E-state index contributed by atoms with van der Waals surface area (Å²) < 4.78 is 27.6. The van der Waals surface area contributed by atoms with Gasteiger partial charge in [0, 0.05) is 19.0 Å². The van der Waals surface area contributed by atoms with E-state index in [0.29, 0.717) is 23.3 Å². The number of carbonyl (C=O) groups excluding carboxylic acids is 2. The lowest BCUT2D eigenvalue weighted by molar-refractivity contribution is -0.130. The Bertz CT molecular complexity index is 1080. The zero-order chi connectivity index (χ0) is 22.0. The Kier molecular flexibility index (Phi) is 6.11. The second-order valence-electron chi connectivity index (χ2n) is 8.22. The summed E-state index contributed by atoms with van der Waals surface area (Å²) in [6, 6.07) is 13.4. The monoisotopic (exact) mass is 441 g/mol. The first-order valence-electron chi connectivity index (χ1n) is 10.6. The van der Waals surface area contributed by atoms with Crippen LogP contribution in [0.1, 0.15) is 42.0 Å². The fourth-order valence-corrected chi connectivity index (χ4v) is 5.96. The lowest BCUT2D eigenvalue weighted by Gasteiger charge is -2.31. The van der Waals surface area contributed by atoms with E-state index in [9.17, 15) is 18.0 Å². The molecule has 1 fully saturated rings. The number of hydrogen-bond donors (Lipinski definition) is 2. The molecule has 1 aliphatic heterocycles. The van der Waals surface area contributed by atoms with Gasteiger partial charge in [-0.2, -0.15) is 4.31 Å². The molecule has 8 heteroatoms. The fourth-order valence-electron chi connectivity index (χ4n) is 4.44. The number of nitrogens with zero attached hydrogens (tertiary/aromatic N) is 1. The van der Waals surface area contributed by atoms with Crippen molar-refractivity contribution in [3.05, 3.63) is 65.2 Å². The molecule has 1 atom stereocenters. The fraction of sp³-hybridized carbons (Fsp3) is 0.391. The van der Waals surface area contributed by atoms with Crippen molar-refractivity contribution in [3.63, 3.8) is 0 Å². The van der Waals surface area contributed by atoms with Gasteiger partial charge in [-0.15, -0.1) is 0 Å². The number of carbonyl (C=O) groups is 2. The molecule has 164 valence electrons. The molecule has 2 amide bonds. The van der Waals surface area contributed by atoms with Crippen LogP contribution in [-0.2, 0) is 32.5 Å². The number of benzene rings is 2. The van der Waals surface area contributed by atoms with Crippen LogP contribution in [0.2, 0.25) is 0 Å². The second-order valence-corrected chi connectivity index (χ2v) is 10.2. The smallest absolute Gasteiger partial charge is 0.244 e. The average Bonchev–Trinajstić information content (AvgIpc) is 3.26. The van der Waals surface area contributed by atoms with Crippen LogP contribution < -0.4 is 11.1 Å². The molecule has 2 aromatic rings. The van der Waals surface area contributed by atoms with Gasteiger partial charge in [-0.3, -0.25) is 9.59 Å². The van der Waals surface area contributed by atoms with Gasteiger partial charge in [0.1, 0.15) is 6.04 Å². The Morgan fingerprint density at radius 3 is 2.35 bits per heavy atom. The van der Waals surface area contributed by atoms with E-state index in [1.165, 1.54) is 9.87 Å². The molecule has 2 aromatic carbocycles. The zero-order valence-corrected chi connectivity index (χ0v) is 18.1. The van der Waals surface area contributed by atoms with Crippen molar-refractivity contribution in [2.45, 2.75) is 43.0 Å². The summed E-state index contributed by atoms with van der Waals surface area (Å²) in [5.74, 6) is -1.27. The van der Waals surface area contributed by atoms with Crippen LogP contribution in [0, 0.1) is 5.92 Å². The highest BCUT2D eigenvalue weighted by molar-refractivity contribution is 7.89. The van der Waals surface area contributed by atoms with Gasteiger partial charge in [0.2, 0.25) is 21.8 Å². The topological polar surface area (TPSA) is 110 Å². The van der Waals surface area contributed by atoms with Crippen molar-refractivity contribution in [1.29, 1.82) is 0 Å². The van der Waals surface area contributed by atoms with Gasteiger partial charge < -0.3 is 11.1 Å². The van der Waals surface area contributed by atoms with Crippen LogP contribution in [0.3, 0.4) is 0 Å². The molecule has 0 radical (unpaired) electrons. The van der Waals surface area contributed by atoms with E-state index < -0.39 is 22.0 Å². The van der Waals surface area contributed by atoms with Crippen molar-refractivity contribution in [3.8, 4) is 0 Å². The van der Waals surface area contributed by atoms with Crippen molar-refractivity contribution in [1.82, 2.24) is 9.62 Å². The number of aryl methyl sites for hydroxylation is 2. The molecular formula is C23H27N3O4S. The van der Waals surface area contributed by atoms with Crippen molar-refractivity contribution >= 4 is 21.8 Å². The number of primary amides is 1. The predicted molar refractivity (Wildman–Crippen MR) is 116 cm³/mol. The molecule has 1 saturated heterocycles. The lowest BCUT2D eigenvalue weighted by Crippen LogP contribution is -2.45. The number of sulfonamides is 1. The molecule has 0 spiro atoms. The Balaban J connectivity index is 1.40. The predicted octanol–water partition coefficient (Wildman–Crippen LogP) is 1.92. The van der Waals surface area contributed by atoms with Crippen molar-refractivity contribution < 1.29 is 18.0 Å². The summed E-state index contributed by atoms with van der Waals surface area (Å²) in [6.07, 6.45) is 3.79. The molecule has 1 heterocycles. The Hall–Kier alpha value is -2.71. The molecule has 0 saturated carbocycles. The van der Waals surface area contributed by atoms with Gasteiger partial charge in [0.25, 0.3) is 0 Å². The largest absolute Gasteiger partial charge is 0.368 e. The van der Waals surface area contributed by atoms with E-state index in [4.69, 9.17) is 5.73 Å². The Morgan fingerprint density at radius 1 is 1.00 bits per heavy atom. The minimum absolute atomic E-state index is 0.268. The van der Waals surface area contributed by atoms with Crippen LogP contribution in [-0.4, -0.2) is 37.6 Å². The Morgan fingerprint density at radius 2 is 1.68 bits per heavy atom. The molecule has 0 unspecified atom stereocenters. The summed E-state index contributed by atoms with van der Waals surface area (Å²) in [4.78, 5) is 24.9. The summed E-state index contributed by atoms with van der Waals surface area (Å²) in [5.41, 5.74) is 8.46. The maximum Gasteiger partial charge on any atom is 0.244 e. The van der Waals surface area contributed by atoms with Gasteiger partial charge in [-0.25, -0.2) is 8.42 Å². The van der Waals surface area contributed by atoms with Crippen molar-refractivity contribution in [2.75, 3.05) is 13.1 Å². The minimum atomic E-state index is -3.58. The van der Waals surface area contributed by atoms with Crippen LogP contribution >= 0.6 is 0 Å². The average molecular weight is 442 g/mol. The third kappa shape index (κ3) is 4.50. The molecule has 4 rings (SSSR count). The van der Waals surface area contributed by atoms with Gasteiger partial charge in [0.15, 0.2) is 0 Å². The van der Waals surface area contributed by atoms with Crippen LogP contribution in [0.4, 0.5) is 0 Å². The lowest BCUT2D eigenvalue weighted by atomic mass is 9.96. The molecule has 7 nitrogen and oxygen atoms in total. The van der Waals surface area contributed by atoms with E-state index >= 15 is 0 Å². The quantitative estimate of drug-likeness (QED) is 0.714. The molecule has 1 aliphatic carbocycles. The first-order valence-corrected chi connectivity index (χ1v) is 12.1. The second kappa shape index (κ2) is 8.80. The minimum Gasteiger partial charge on any atom is -0.368 e. The normalized spacial score (nSPS) is 18.3. The van der Waals surface area contributed by atoms with Crippen LogP contribution in [0.15, 0.2) is 53.4 Å². The first kappa shape index (κ1) is 21.5. The first-order chi connectivity index (χ1) is 14.9. The number of fused-ring (bicyclic) bond motifs is 1. The molecule has 0 bridgehead atoms. The summed E-state index contributed by atoms with van der Waals surface area (Å²) in [6.45, 7) is 0.536. The van der Waals surface area contributed by atoms with Crippen LogP contribution in [0.25, 0.3) is 0 Å². The van der Waals surface area contributed by atoms with E-state index in [1.807, 2.05) is 12.1 Å². The van der Waals surface area contributed by atoms with Gasteiger partial charge in [-0.05, 0) is 60.9 Å². The number of rotatable bonds is 6. The maximum absolute atomic E-state index is 13.1. The molecule has 0 aromatic heterocycles. The third-order valence-corrected chi connectivity index (χ3v) is 8.13. The van der Waals surface area contributed by atoms with E-state index in [0.717, 1.165) is 24.8 Å². The van der Waals surface area contributed by atoms with E-state index in [1.54, 1.807) is 36.4 Å². The van der Waals surface area contributed by atoms with E-state index in [-0.39, 0.29) is 24.9 Å². The highest BCUT2D eigenvalue weighted by atomic mass is 32.2. The number of nitrogens with two attached hydrogens (primary N) is 1. The number of amides is 2. The van der Waals surface area contributed by atoms with E-state index in [2.05, 4.69) is 5.32 Å². The standard InChI is InChI=1S/C23H27N3O4S/c24-22(27)21(17-5-2-1-3-6-17)25-23(28)18-11-13-26(14-12-18)31(29,30)20-10-9-16-7-4-8-19(16)15-20/h1-3,5-6,9-10,15,18,21H,4,7-8,11-14H2,(H2,24,27)(H,25,28)/t21-/m0/s1. The van der Waals surface area contributed by atoms with Crippen LogP contribution in [0.5, 0.6) is 0 Å². The highest BCUT2D eigenvalue weighted by Gasteiger charge is 2.34. The molecule has 3 N–H and O–H groups in total. The summed E-state index contributed by atoms with van der Waals surface area (Å²) in [5, 5.41) is 2.73. The van der Waals surface area contributed by atoms with Crippen molar-refractivity contribution in [2.24, 2.45) is 11.7 Å². The van der Waals surface area contributed by atoms with Gasteiger partial charge >= 0.3 is 0 Å².